The molecule has 0 aliphatic heterocycles. The molecule has 1 heterocycles. The van der Waals surface area contributed by atoms with Gasteiger partial charge in [-0.2, -0.15) is 0 Å². The van der Waals surface area contributed by atoms with Crippen LogP contribution in [0.5, 0.6) is 0 Å². The number of aromatic nitrogens is 1. The largest absolute Gasteiger partial charge is 0.465 e. The minimum atomic E-state index is -0.348. The number of hydrogen-bond acceptors (Lipinski definition) is 4. The molecule has 0 radical (unpaired) electrons. The molecule has 0 saturated carbocycles. The summed E-state index contributed by atoms with van der Waals surface area (Å²) in [6.07, 6.45) is 1.58. The van der Waals surface area contributed by atoms with Gasteiger partial charge in [-0.15, -0.1) is 0 Å². The highest BCUT2D eigenvalue weighted by atomic mass is 16.5. The minimum absolute atomic E-state index is 0.287. The quantitative estimate of drug-likeness (QED) is 0.744. The van der Waals surface area contributed by atoms with Crippen molar-refractivity contribution in [2.24, 2.45) is 0 Å². The van der Waals surface area contributed by atoms with E-state index in [9.17, 15) is 4.79 Å². The number of esters is 1. The molecule has 0 fully saturated rings. The number of nitrogens with zero attached hydrogens (tertiary/aromatic N) is 1. The smallest absolute Gasteiger partial charge is 0.338 e. The molecular weight excluding hydrogens is 180 g/mol. The molecule has 1 aromatic heterocycles. The van der Waals surface area contributed by atoms with Crippen LogP contribution >= 0.6 is 0 Å². The van der Waals surface area contributed by atoms with E-state index < -0.39 is 0 Å². The van der Waals surface area contributed by atoms with Crippen LogP contribution in [0.15, 0.2) is 18.3 Å². The SMILES string of the molecule is COC(=O)c1ccnc(NC(C)C)c1. The first kappa shape index (κ1) is 10.5. The number of ether oxygens (including phenoxy) is 1. The van der Waals surface area contributed by atoms with Crippen molar-refractivity contribution in [3.63, 3.8) is 0 Å². The van der Waals surface area contributed by atoms with E-state index in [4.69, 9.17) is 0 Å². The average Bonchev–Trinajstić information content (AvgIpc) is 2.16. The fourth-order valence-electron chi connectivity index (χ4n) is 1.05. The highest BCUT2D eigenvalue weighted by molar-refractivity contribution is 5.89. The molecule has 0 aliphatic rings. The van der Waals surface area contributed by atoms with Crippen LogP contribution in [0.2, 0.25) is 0 Å². The van der Waals surface area contributed by atoms with E-state index >= 15 is 0 Å². The predicted molar refractivity (Wildman–Crippen MR) is 54.3 cm³/mol. The molecule has 4 nitrogen and oxygen atoms in total. The summed E-state index contributed by atoms with van der Waals surface area (Å²) in [4.78, 5) is 15.3. The number of carbonyl (C=O) groups excluding carboxylic acids is 1. The van der Waals surface area contributed by atoms with Crippen molar-refractivity contribution in [1.82, 2.24) is 4.98 Å². The Labute approximate surface area is 83.3 Å². The van der Waals surface area contributed by atoms with Crippen LogP contribution in [0, 0.1) is 0 Å². The summed E-state index contributed by atoms with van der Waals surface area (Å²) in [5.41, 5.74) is 0.505. The van der Waals surface area contributed by atoms with Crippen molar-refractivity contribution < 1.29 is 9.53 Å². The minimum Gasteiger partial charge on any atom is -0.465 e. The number of methoxy groups -OCH3 is 1. The van der Waals surface area contributed by atoms with E-state index in [1.54, 1.807) is 18.3 Å². The molecule has 4 heteroatoms. The second kappa shape index (κ2) is 4.60. The van der Waals surface area contributed by atoms with Crippen molar-refractivity contribution in [1.29, 1.82) is 0 Å². The Morgan fingerprint density at radius 1 is 1.57 bits per heavy atom. The van der Waals surface area contributed by atoms with Gasteiger partial charge < -0.3 is 10.1 Å². The summed E-state index contributed by atoms with van der Waals surface area (Å²) in [6.45, 7) is 4.01. The van der Waals surface area contributed by atoms with Gasteiger partial charge in [0.25, 0.3) is 0 Å². The molecular formula is C10H14N2O2. The van der Waals surface area contributed by atoms with E-state index in [1.165, 1.54) is 7.11 Å². The Balaban J connectivity index is 2.84. The van der Waals surface area contributed by atoms with Gasteiger partial charge in [-0.3, -0.25) is 0 Å². The first-order valence-corrected chi connectivity index (χ1v) is 4.44. The van der Waals surface area contributed by atoms with Gasteiger partial charge in [0.15, 0.2) is 0 Å². The van der Waals surface area contributed by atoms with Crippen molar-refractivity contribution in [3.05, 3.63) is 23.9 Å². The summed E-state index contributed by atoms with van der Waals surface area (Å²) >= 11 is 0. The van der Waals surface area contributed by atoms with E-state index in [0.717, 1.165) is 0 Å². The molecule has 0 spiro atoms. The molecule has 0 aromatic carbocycles. The molecule has 0 bridgehead atoms. The molecule has 0 amide bonds. The van der Waals surface area contributed by atoms with E-state index in [-0.39, 0.29) is 12.0 Å². The van der Waals surface area contributed by atoms with Crippen LogP contribution in [0.25, 0.3) is 0 Å². The normalized spacial score (nSPS) is 10.0. The maximum Gasteiger partial charge on any atom is 0.338 e. The number of pyridine rings is 1. The lowest BCUT2D eigenvalue weighted by atomic mass is 10.2. The van der Waals surface area contributed by atoms with E-state index in [2.05, 4.69) is 15.0 Å². The zero-order chi connectivity index (χ0) is 10.6. The zero-order valence-electron chi connectivity index (χ0n) is 8.57. The zero-order valence-corrected chi connectivity index (χ0v) is 8.57. The summed E-state index contributed by atoms with van der Waals surface area (Å²) in [7, 11) is 1.36. The Bertz CT molecular complexity index is 324. The molecule has 0 saturated heterocycles. The van der Waals surface area contributed by atoms with Crippen LogP contribution in [0.3, 0.4) is 0 Å². The number of nitrogens with one attached hydrogen (secondary N) is 1. The lowest BCUT2D eigenvalue weighted by Crippen LogP contribution is -2.12. The predicted octanol–water partition coefficient (Wildman–Crippen LogP) is 1.69. The van der Waals surface area contributed by atoms with Gasteiger partial charge in [-0.1, -0.05) is 0 Å². The van der Waals surface area contributed by atoms with Crippen molar-refractivity contribution in [2.45, 2.75) is 19.9 Å². The second-order valence-electron chi connectivity index (χ2n) is 3.22. The third kappa shape index (κ3) is 2.73. The van der Waals surface area contributed by atoms with Crippen LogP contribution < -0.4 is 5.32 Å². The molecule has 1 N–H and O–H groups in total. The van der Waals surface area contributed by atoms with Crippen LogP contribution in [-0.4, -0.2) is 24.1 Å². The average molecular weight is 194 g/mol. The van der Waals surface area contributed by atoms with Gasteiger partial charge >= 0.3 is 5.97 Å². The number of hydrogen-bond donors (Lipinski definition) is 1. The third-order valence-corrected chi connectivity index (χ3v) is 1.62. The number of carbonyl (C=O) groups is 1. The summed E-state index contributed by atoms with van der Waals surface area (Å²) in [5, 5.41) is 3.11. The van der Waals surface area contributed by atoms with Gasteiger partial charge in [0.05, 0.1) is 12.7 Å². The van der Waals surface area contributed by atoms with E-state index in [1.807, 2.05) is 13.8 Å². The van der Waals surface area contributed by atoms with Gasteiger partial charge in [0, 0.05) is 12.2 Å². The molecule has 1 rings (SSSR count). The molecule has 0 unspecified atom stereocenters. The highest BCUT2D eigenvalue weighted by Crippen LogP contribution is 2.08. The molecule has 1 aromatic rings. The highest BCUT2D eigenvalue weighted by Gasteiger charge is 2.06. The van der Waals surface area contributed by atoms with Crippen molar-refractivity contribution in [3.8, 4) is 0 Å². The maximum absolute atomic E-state index is 11.2. The summed E-state index contributed by atoms with van der Waals surface area (Å²) < 4.78 is 4.60. The molecule has 76 valence electrons. The topological polar surface area (TPSA) is 51.2 Å². The lowest BCUT2D eigenvalue weighted by Gasteiger charge is -2.09. The fraction of sp³-hybridized carbons (Fsp3) is 0.400. The number of rotatable bonds is 3. The van der Waals surface area contributed by atoms with Crippen LogP contribution in [0.4, 0.5) is 5.82 Å². The summed E-state index contributed by atoms with van der Waals surface area (Å²) in [6, 6.07) is 3.58. The Morgan fingerprint density at radius 2 is 2.29 bits per heavy atom. The first-order chi connectivity index (χ1) is 6.63. The second-order valence-corrected chi connectivity index (χ2v) is 3.22. The van der Waals surface area contributed by atoms with Crippen molar-refractivity contribution >= 4 is 11.8 Å². The molecule has 0 aliphatic carbocycles. The van der Waals surface area contributed by atoms with Crippen molar-refractivity contribution in [2.75, 3.05) is 12.4 Å². The third-order valence-electron chi connectivity index (χ3n) is 1.62. The molecule has 14 heavy (non-hydrogen) atoms. The monoisotopic (exact) mass is 194 g/mol. The van der Waals surface area contributed by atoms with Crippen LogP contribution in [-0.2, 0) is 4.74 Å². The first-order valence-electron chi connectivity index (χ1n) is 4.44. The Kier molecular flexibility index (Phi) is 3.45. The van der Waals surface area contributed by atoms with Crippen LogP contribution in [0.1, 0.15) is 24.2 Å². The molecule has 0 atom stereocenters. The van der Waals surface area contributed by atoms with E-state index in [0.29, 0.717) is 11.4 Å². The van der Waals surface area contributed by atoms with Gasteiger partial charge in [-0.25, -0.2) is 9.78 Å². The standard InChI is InChI=1S/C10H14N2O2/c1-7(2)12-9-6-8(4-5-11-9)10(13)14-3/h4-7H,1-3H3,(H,11,12). The van der Waals surface area contributed by atoms with Gasteiger partial charge in [0.1, 0.15) is 5.82 Å². The maximum atomic E-state index is 11.2. The fourth-order valence-corrected chi connectivity index (χ4v) is 1.05. The van der Waals surface area contributed by atoms with Gasteiger partial charge in [0.2, 0.25) is 0 Å². The Hall–Kier alpha value is -1.58. The lowest BCUT2D eigenvalue weighted by molar-refractivity contribution is 0.0600. The Morgan fingerprint density at radius 3 is 2.86 bits per heavy atom. The van der Waals surface area contributed by atoms with Gasteiger partial charge in [-0.05, 0) is 26.0 Å². The number of anilines is 1. The summed E-state index contributed by atoms with van der Waals surface area (Å²) in [5.74, 6) is 0.335.